The van der Waals surface area contributed by atoms with E-state index in [1.807, 2.05) is 0 Å². The number of nitrogen functional groups attached to an aromatic ring is 1. The lowest BCUT2D eigenvalue weighted by molar-refractivity contribution is 0.577. The molecule has 0 aromatic heterocycles. The monoisotopic (exact) mass is 328 g/mol. The topological polar surface area (TPSA) is 72.2 Å². The molecule has 0 spiro atoms. The van der Waals surface area contributed by atoms with Crippen LogP contribution in [0.5, 0.6) is 0 Å². The fraction of sp³-hybridized carbons (Fsp3) is 0.143. The van der Waals surface area contributed by atoms with Crippen LogP contribution in [0.25, 0.3) is 0 Å². The number of nitrogens with one attached hydrogen (secondary N) is 1. The lowest BCUT2D eigenvalue weighted by atomic mass is 10.1. The van der Waals surface area contributed by atoms with Gasteiger partial charge in [0, 0.05) is 6.54 Å². The van der Waals surface area contributed by atoms with Crippen molar-refractivity contribution >= 4 is 27.3 Å². The summed E-state index contributed by atoms with van der Waals surface area (Å²) >= 11 is 5.80. The van der Waals surface area contributed by atoms with Gasteiger partial charge in [-0.05, 0) is 36.2 Å². The van der Waals surface area contributed by atoms with Gasteiger partial charge in [-0.3, -0.25) is 0 Å². The highest BCUT2D eigenvalue weighted by Gasteiger charge is 2.15. The molecule has 112 valence electrons. The van der Waals surface area contributed by atoms with Crippen LogP contribution in [-0.4, -0.2) is 15.0 Å². The standard InChI is InChI=1S/C14H14ClFN2O2S/c15-12-9-11(5-6-14(12)17)21(19,20)18-8-7-10-3-1-2-4-13(10)16/h1-6,9,18H,7-8,17H2. The van der Waals surface area contributed by atoms with Gasteiger partial charge in [0.15, 0.2) is 0 Å². The van der Waals surface area contributed by atoms with Crippen LogP contribution >= 0.6 is 11.6 Å². The van der Waals surface area contributed by atoms with Crippen molar-refractivity contribution in [3.05, 3.63) is 58.9 Å². The smallest absolute Gasteiger partial charge is 0.240 e. The zero-order valence-corrected chi connectivity index (χ0v) is 12.6. The molecular weight excluding hydrogens is 315 g/mol. The first-order valence-corrected chi connectivity index (χ1v) is 8.04. The second kappa shape index (κ2) is 6.43. The summed E-state index contributed by atoms with van der Waals surface area (Å²) in [6.07, 6.45) is 0.259. The highest BCUT2D eigenvalue weighted by Crippen LogP contribution is 2.22. The average Bonchev–Trinajstić information content (AvgIpc) is 2.44. The van der Waals surface area contributed by atoms with Crippen molar-refractivity contribution in [2.75, 3.05) is 12.3 Å². The average molecular weight is 329 g/mol. The van der Waals surface area contributed by atoms with Crippen LogP contribution in [0.15, 0.2) is 47.4 Å². The van der Waals surface area contributed by atoms with Crippen LogP contribution in [0.2, 0.25) is 5.02 Å². The van der Waals surface area contributed by atoms with Gasteiger partial charge in [-0.2, -0.15) is 0 Å². The van der Waals surface area contributed by atoms with E-state index < -0.39 is 10.0 Å². The highest BCUT2D eigenvalue weighted by atomic mass is 35.5. The van der Waals surface area contributed by atoms with E-state index in [9.17, 15) is 12.8 Å². The third-order valence-corrected chi connectivity index (χ3v) is 4.71. The van der Waals surface area contributed by atoms with Gasteiger partial charge in [-0.25, -0.2) is 17.5 Å². The maximum absolute atomic E-state index is 13.4. The molecular formula is C14H14ClFN2O2S. The highest BCUT2D eigenvalue weighted by molar-refractivity contribution is 7.89. The quantitative estimate of drug-likeness (QED) is 0.829. The predicted molar refractivity (Wildman–Crippen MR) is 81.2 cm³/mol. The lowest BCUT2D eigenvalue weighted by Gasteiger charge is -2.08. The Kier molecular flexibility index (Phi) is 4.82. The number of sulfonamides is 1. The first-order valence-electron chi connectivity index (χ1n) is 6.18. The molecule has 0 aliphatic carbocycles. The van der Waals surface area contributed by atoms with E-state index in [0.29, 0.717) is 11.3 Å². The predicted octanol–water partition coefficient (Wildman–Crippen LogP) is 2.58. The van der Waals surface area contributed by atoms with Gasteiger partial charge in [-0.15, -0.1) is 0 Å². The lowest BCUT2D eigenvalue weighted by Crippen LogP contribution is -2.26. The molecule has 2 aromatic carbocycles. The van der Waals surface area contributed by atoms with E-state index in [1.165, 1.54) is 24.3 Å². The van der Waals surface area contributed by atoms with E-state index >= 15 is 0 Å². The molecule has 21 heavy (non-hydrogen) atoms. The summed E-state index contributed by atoms with van der Waals surface area (Å²) in [7, 11) is -3.69. The van der Waals surface area contributed by atoms with Gasteiger partial charge < -0.3 is 5.73 Å². The number of benzene rings is 2. The van der Waals surface area contributed by atoms with Crippen molar-refractivity contribution in [1.29, 1.82) is 0 Å². The molecule has 7 heteroatoms. The Morgan fingerprint density at radius 3 is 2.57 bits per heavy atom. The van der Waals surface area contributed by atoms with Crippen LogP contribution in [0.4, 0.5) is 10.1 Å². The number of nitrogens with two attached hydrogens (primary N) is 1. The summed E-state index contributed by atoms with van der Waals surface area (Å²) < 4.78 is 40.0. The minimum atomic E-state index is -3.69. The van der Waals surface area contributed by atoms with Crippen LogP contribution in [0, 0.1) is 5.82 Å². The molecule has 0 atom stereocenters. The molecule has 0 radical (unpaired) electrons. The van der Waals surface area contributed by atoms with Gasteiger partial charge in [0.1, 0.15) is 5.82 Å². The molecule has 0 fully saturated rings. The van der Waals surface area contributed by atoms with Crippen LogP contribution < -0.4 is 10.5 Å². The van der Waals surface area contributed by atoms with Crippen LogP contribution in [0.3, 0.4) is 0 Å². The van der Waals surface area contributed by atoms with Crippen molar-refractivity contribution < 1.29 is 12.8 Å². The van der Waals surface area contributed by atoms with Crippen LogP contribution in [-0.2, 0) is 16.4 Å². The molecule has 0 unspecified atom stereocenters. The Bertz CT molecular complexity index is 750. The molecule has 0 aliphatic rings. The number of rotatable bonds is 5. The maximum atomic E-state index is 13.4. The van der Waals surface area contributed by atoms with E-state index in [2.05, 4.69) is 4.72 Å². The third-order valence-electron chi connectivity index (χ3n) is 2.93. The number of hydrogen-bond acceptors (Lipinski definition) is 3. The van der Waals surface area contributed by atoms with Crippen molar-refractivity contribution in [3.8, 4) is 0 Å². The number of anilines is 1. The van der Waals surface area contributed by atoms with Crippen molar-refractivity contribution in [2.24, 2.45) is 0 Å². The minimum absolute atomic E-state index is 0.0234. The van der Waals surface area contributed by atoms with Gasteiger partial charge in [-0.1, -0.05) is 29.8 Å². The van der Waals surface area contributed by atoms with E-state index in [0.717, 1.165) is 0 Å². The fourth-order valence-corrected chi connectivity index (χ4v) is 3.08. The third kappa shape index (κ3) is 3.93. The second-order valence-electron chi connectivity index (χ2n) is 4.42. The molecule has 2 aromatic rings. The summed E-state index contributed by atoms with van der Waals surface area (Å²) in [4.78, 5) is 0.0234. The Hall–Kier alpha value is -1.63. The minimum Gasteiger partial charge on any atom is -0.398 e. The normalized spacial score (nSPS) is 11.5. The van der Waals surface area contributed by atoms with Crippen molar-refractivity contribution in [1.82, 2.24) is 4.72 Å². The Labute approximate surface area is 127 Å². The van der Waals surface area contributed by atoms with Crippen molar-refractivity contribution in [3.63, 3.8) is 0 Å². The number of hydrogen-bond donors (Lipinski definition) is 2. The summed E-state index contributed by atoms with van der Waals surface area (Å²) in [6.45, 7) is 0.0886. The summed E-state index contributed by atoms with van der Waals surface area (Å²) in [5, 5.41) is 0.173. The van der Waals surface area contributed by atoms with Gasteiger partial charge in [0.05, 0.1) is 15.6 Å². The molecule has 0 heterocycles. The molecule has 2 rings (SSSR count). The Morgan fingerprint density at radius 2 is 1.90 bits per heavy atom. The number of halogens is 2. The van der Waals surface area contributed by atoms with E-state index in [4.69, 9.17) is 17.3 Å². The summed E-state index contributed by atoms with van der Waals surface area (Å²) in [5.41, 5.74) is 6.30. The molecule has 4 nitrogen and oxygen atoms in total. The Morgan fingerprint density at radius 1 is 1.19 bits per heavy atom. The summed E-state index contributed by atoms with van der Waals surface area (Å²) in [5.74, 6) is -0.354. The van der Waals surface area contributed by atoms with E-state index in [1.54, 1.807) is 18.2 Å². The molecule has 0 saturated carbocycles. The SMILES string of the molecule is Nc1ccc(S(=O)(=O)NCCc2ccccc2F)cc1Cl. The Balaban J connectivity index is 2.05. The first kappa shape index (κ1) is 15.8. The first-order chi connectivity index (χ1) is 9.90. The second-order valence-corrected chi connectivity index (χ2v) is 6.60. The van der Waals surface area contributed by atoms with Crippen LogP contribution in [0.1, 0.15) is 5.56 Å². The van der Waals surface area contributed by atoms with Gasteiger partial charge in [0.2, 0.25) is 10.0 Å². The zero-order valence-electron chi connectivity index (χ0n) is 11.0. The maximum Gasteiger partial charge on any atom is 0.240 e. The molecule has 0 bridgehead atoms. The van der Waals surface area contributed by atoms with Gasteiger partial charge >= 0.3 is 0 Å². The fourth-order valence-electron chi connectivity index (χ4n) is 1.78. The summed E-state index contributed by atoms with van der Waals surface area (Å²) in [6, 6.07) is 10.3. The molecule has 0 saturated heterocycles. The van der Waals surface area contributed by atoms with Gasteiger partial charge in [0.25, 0.3) is 0 Å². The molecule has 0 amide bonds. The van der Waals surface area contributed by atoms with E-state index in [-0.39, 0.29) is 28.7 Å². The zero-order chi connectivity index (χ0) is 15.5. The van der Waals surface area contributed by atoms with Crippen molar-refractivity contribution in [2.45, 2.75) is 11.3 Å². The molecule has 3 N–H and O–H groups in total. The molecule has 0 aliphatic heterocycles. The largest absolute Gasteiger partial charge is 0.398 e.